The summed E-state index contributed by atoms with van der Waals surface area (Å²) < 4.78 is 13.2. The van der Waals surface area contributed by atoms with Gasteiger partial charge in [0.2, 0.25) is 0 Å². The van der Waals surface area contributed by atoms with Crippen LogP contribution in [0.4, 0.5) is 4.39 Å². The molecule has 0 saturated heterocycles. The van der Waals surface area contributed by atoms with Crippen LogP contribution in [0.5, 0.6) is 0 Å². The molecule has 1 aromatic rings. The predicted octanol–water partition coefficient (Wildman–Crippen LogP) is 4.19. The third kappa shape index (κ3) is 3.11. The van der Waals surface area contributed by atoms with E-state index < -0.39 is 0 Å². The van der Waals surface area contributed by atoms with Gasteiger partial charge in [0.05, 0.1) is 0 Å². The average molecular weight is 249 g/mol. The molecule has 1 aromatic carbocycles. The van der Waals surface area contributed by atoms with Gasteiger partial charge in [-0.15, -0.1) is 0 Å². The molecule has 100 valence electrons. The van der Waals surface area contributed by atoms with Crippen molar-refractivity contribution < 1.29 is 4.39 Å². The third-order valence-corrected chi connectivity index (χ3v) is 4.54. The molecule has 0 radical (unpaired) electrons. The van der Waals surface area contributed by atoms with Crippen molar-refractivity contribution in [1.82, 2.24) is 5.32 Å². The van der Waals surface area contributed by atoms with Gasteiger partial charge in [-0.2, -0.15) is 0 Å². The standard InChI is InChI=1S/C16H24FN/c1-3-16(8-4-5-9-16)12-18-11-14-10-15(17)7-6-13(14)2/h6-7,10,18H,3-5,8-9,11-12H2,1-2H3. The summed E-state index contributed by atoms with van der Waals surface area (Å²) >= 11 is 0. The molecular formula is C16H24FN. The Morgan fingerprint density at radius 2 is 2.00 bits per heavy atom. The fourth-order valence-electron chi connectivity index (χ4n) is 3.07. The number of hydrogen-bond donors (Lipinski definition) is 1. The van der Waals surface area contributed by atoms with E-state index in [1.807, 2.05) is 13.0 Å². The van der Waals surface area contributed by atoms with Gasteiger partial charge in [0.25, 0.3) is 0 Å². The maximum Gasteiger partial charge on any atom is 0.123 e. The Bertz CT molecular complexity index is 394. The maximum atomic E-state index is 13.2. The van der Waals surface area contributed by atoms with Gasteiger partial charge in [0.1, 0.15) is 5.82 Å². The minimum Gasteiger partial charge on any atom is -0.312 e. The summed E-state index contributed by atoms with van der Waals surface area (Å²) in [4.78, 5) is 0. The van der Waals surface area contributed by atoms with Crippen LogP contribution >= 0.6 is 0 Å². The van der Waals surface area contributed by atoms with Crippen LogP contribution < -0.4 is 5.32 Å². The van der Waals surface area contributed by atoms with Crippen molar-refractivity contribution in [1.29, 1.82) is 0 Å². The average Bonchev–Trinajstić information content (AvgIpc) is 2.83. The normalized spacial score (nSPS) is 18.2. The molecule has 0 amide bonds. The highest BCUT2D eigenvalue weighted by Crippen LogP contribution is 2.40. The Hall–Kier alpha value is -0.890. The van der Waals surface area contributed by atoms with Crippen LogP contribution in [0.2, 0.25) is 0 Å². The van der Waals surface area contributed by atoms with Crippen molar-refractivity contribution >= 4 is 0 Å². The zero-order chi connectivity index (χ0) is 13.0. The van der Waals surface area contributed by atoms with Crippen LogP contribution in [-0.2, 0) is 6.54 Å². The largest absolute Gasteiger partial charge is 0.312 e. The molecule has 1 saturated carbocycles. The van der Waals surface area contributed by atoms with E-state index in [1.54, 1.807) is 6.07 Å². The van der Waals surface area contributed by atoms with Crippen molar-refractivity contribution in [3.8, 4) is 0 Å². The van der Waals surface area contributed by atoms with Gasteiger partial charge in [0.15, 0.2) is 0 Å². The van der Waals surface area contributed by atoms with E-state index in [0.717, 1.165) is 18.7 Å². The van der Waals surface area contributed by atoms with Gasteiger partial charge >= 0.3 is 0 Å². The molecule has 0 atom stereocenters. The number of halogens is 1. The van der Waals surface area contributed by atoms with Gasteiger partial charge < -0.3 is 5.32 Å². The van der Waals surface area contributed by atoms with Crippen molar-refractivity contribution in [2.45, 2.75) is 52.5 Å². The van der Waals surface area contributed by atoms with Gasteiger partial charge in [-0.1, -0.05) is 25.8 Å². The van der Waals surface area contributed by atoms with Gasteiger partial charge in [-0.25, -0.2) is 4.39 Å². The molecule has 1 fully saturated rings. The summed E-state index contributed by atoms with van der Waals surface area (Å²) in [7, 11) is 0. The highest BCUT2D eigenvalue weighted by atomic mass is 19.1. The molecule has 0 aliphatic heterocycles. The van der Waals surface area contributed by atoms with E-state index in [0.29, 0.717) is 5.41 Å². The molecule has 1 nitrogen and oxygen atoms in total. The second-order valence-electron chi connectivity index (χ2n) is 5.74. The zero-order valence-corrected chi connectivity index (χ0v) is 11.6. The van der Waals surface area contributed by atoms with Crippen LogP contribution in [0.1, 0.15) is 50.2 Å². The first kappa shape index (κ1) is 13.5. The van der Waals surface area contributed by atoms with E-state index >= 15 is 0 Å². The van der Waals surface area contributed by atoms with E-state index in [1.165, 1.54) is 43.7 Å². The first-order valence-electron chi connectivity index (χ1n) is 7.11. The number of benzene rings is 1. The molecule has 1 aliphatic carbocycles. The van der Waals surface area contributed by atoms with E-state index in [-0.39, 0.29) is 5.82 Å². The van der Waals surface area contributed by atoms with Crippen LogP contribution in [0.3, 0.4) is 0 Å². The molecular weight excluding hydrogens is 225 g/mol. The van der Waals surface area contributed by atoms with Gasteiger partial charge in [0, 0.05) is 13.1 Å². The lowest BCUT2D eigenvalue weighted by atomic mass is 9.83. The van der Waals surface area contributed by atoms with Crippen LogP contribution in [0.25, 0.3) is 0 Å². The highest BCUT2D eigenvalue weighted by molar-refractivity contribution is 5.26. The summed E-state index contributed by atoms with van der Waals surface area (Å²) in [6, 6.07) is 5.04. The third-order valence-electron chi connectivity index (χ3n) is 4.54. The van der Waals surface area contributed by atoms with Crippen LogP contribution in [0.15, 0.2) is 18.2 Å². The van der Waals surface area contributed by atoms with Gasteiger partial charge in [-0.3, -0.25) is 0 Å². The lowest BCUT2D eigenvalue weighted by Gasteiger charge is -2.28. The Morgan fingerprint density at radius 1 is 1.28 bits per heavy atom. The van der Waals surface area contributed by atoms with Crippen molar-refractivity contribution in [2.75, 3.05) is 6.54 Å². The lowest BCUT2D eigenvalue weighted by molar-refractivity contribution is 0.268. The molecule has 0 heterocycles. The molecule has 2 heteroatoms. The Balaban J connectivity index is 1.89. The summed E-state index contributed by atoms with van der Waals surface area (Å²) in [5.41, 5.74) is 2.75. The minimum atomic E-state index is -0.136. The fraction of sp³-hybridized carbons (Fsp3) is 0.625. The molecule has 18 heavy (non-hydrogen) atoms. The van der Waals surface area contributed by atoms with Crippen molar-refractivity contribution in [3.05, 3.63) is 35.1 Å². The number of nitrogens with one attached hydrogen (secondary N) is 1. The minimum absolute atomic E-state index is 0.136. The summed E-state index contributed by atoms with van der Waals surface area (Å²) in [6.45, 7) is 6.19. The molecule has 0 spiro atoms. The first-order valence-corrected chi connectivity index (χ1v) is 7.11. The molecule has 0 bridgehead atoms. The quantitative estimate of drug-likeness (QED) is 0.825. The predicted molar refractivity (Wildman–Crippen MR) is 74.0 cm³/mol. The molecule has 1 aliphatic rings. The Morgan fingerprint density at radius 3 is 2.67 bits per heavy atom. The number of hydrogen-bond acceptors (Lipinski definition) is 1. The molecule has 1 N–H and O–H groups in total. The molecule has 2 rings (SSSR count). The second-order valence-corrected chi connectivity index (χ2v) is 5.74. The van der Waals surface area contributed by atoms with E-state index in [9.17, 15) is 4.39 Å². The van der Waals surface area contributed by atoms with Gasteiger partial charge in [-0.05, 0) is 54.9 Å². The second kappa shape index (κ2) is 5.83. The SMILES string of the molecule is CCC1(CNCc2cc(F)ccc2C)CCCC1. The highest BCUT2D eigenvalue weighted by Gasteiger charge is 2.31. The number of rotatable bonds is 5. The molecule has 0 unspecified atom stereocenters. The Kier molecular flexibility index (Phi) is 4.39. The van der Waals surface area contributed by atoms with Crippen LogP contribution in [0, 0.1) is 18.2 Å². The van der Waals surface area contributed by atoms with Crippen molar-refractivity contribution in [2.24, 2.45) is 5.41 Å². The van der Waals surface area contributed by atoms with Crippen LogP contribution in [-0.4, -0.2) is 6.54 Å². The number of aryl methyl sites for hydroxylation is 1. The van der Waals surface area contributed by atoms with E-state index in [2.05, 4.69) is 12.2 Å². The molecule has 0 aromatic heterocycles. The smallest absolute Gasteiger partial charge is 0.123 e. The topological polar surface area (TPSA) is 12.0 Å². The summed E-state index contributed by atoms with van der Waals surface area (Å²) in [5.74, 6) is -0.136. The lowest BCUT2D eigenvalue weighted by Crippen LogP contribution is -2.31. The van der Waals surface area contributed by atoms with Crippen molar-refractivity contribution in [3.63, 3.8) is 0 Å². The monoisotopic (exact) mass is 249 g/mol. The fourth-order valence-corrected chi connectivity index (χ4v) is 3.07. The maximum absolute atomic E-state index is 13.2. The Labute approximate surface area is 110 Å². The summed E-state index contributed by atoms with van der Waals surface area (Å²) in [6.07, 6.45) is 6.68. The summed E-state index contributed by atoms with van der Waals surface area (Å²) in [5, 5.41) is 3.54. The first-order chi connectivity index (χ1) is 8.65. The van der Waals surface area contributed by atoms with E-state index in [4.69, 9.17) is 0 Å². The zero-order valence-electron chi connectivity index (χ0n) is 11.6.